The molecule has 0 atom stereocenters. The maximum Gasteiger partial charge on any atom is 0.309 e. The second-order valence-electron chi connectivity index (χ2n) is 6.18. The van der Waals surface area contributed by atoms with Crippen molar-refractivity contribution >= 4 is 35.9 Å². The molecule has 1 saturated heterocycles. The molecule has 152 valence electrons. The van der Waals surface area contributed by atoms with Crippen LogP contribution in [0.2, 0.25) is 0 Å². The third-order valence-electron chi connectivity index (χ3n) is 4.43. The summed E-state index contributed by atoms with van der Waals surface area (Å²) in [5.41, 5.74) is 0. The number of carbonyl (C=O) groups excluding carboxylic acids is 1. The molecule has 1 N–H and O–H groups in total. The molecule has 2 heterocycles. The lowest BCUT2D eigenvalue weighted by Crippen LogP contribution is -2.47. The fraction of sp³-hybridized carbons (Fsp3) is 0.667. The van der Waals surface area contributed by atoms with Gasteiger partial charge in [-0.25, -0.2) is 0 Å². The van der Waals surface area contributed by atoms with E-state index in [1.165, 1.54) is 0 Å². The van der Waals surface area contributed by atoms with Gasteiger partial charge in [-0.2, -0.15) is 0 Å². The summed E-state index contributed by atoms with van der Waals surface area (Å²) >= 11 is 0. The summed E-state index contributed by atoms with van der Waals surface area (Å²) in [6.07, 6.45) is 6.00. The molecule has 0 aliphatic carbocycles. The molecule has 8 nitrogen and oxygen atoms in total. The third kappa shape index (κ3) is 7.11. The number of nitrogens with zero attached hydrogens (tertiary/aromatic N) is 5. The Hall–Kier alpha value is -1.65. The van der Waals surface area contributed by atoms with Crippen LogP contribution in [-0.2, 0) is 22.5 Å². The highest BCUT2D eigenvalue weighted by Gasteiger charge is 2.27. The zero-order chi connectivity index (χ0) is 18.8. The molecule has 1 aliphatic heterocycles. The highest BCUT2D eigenvalue weighted by molar-refractivity contribution is 14.0. The van der Waals surface area contributed by atoms with Crippen LogP contribution < -0.4 is 5.32 Å². The molecule has 0 spiro atoms. The number of hydrogen-bond donors (Lipinski definition) is 1. The second-order valence-corrected chi connectivity index (χ2v) is 6.18. The van der Waals surface area contributed by atoms with Crippen LogP contribution in [0.5, 0.6) is 0 Å². The predicted octanol–water partition coefficient (Wildman–Crippen LogP) is 1.87. The maximum atomic E-state index is 11.9. The van der Waals surface area contributed by atoms with E-state index in [9.17, 15) is 4.79 Å². The number of rotatable bonds is 8. The van der Waals surface area contributed by atoms with Crippen LogP contribution in [0.3, 0.4) is 0 Å². The number of hydrogen-bond acceptors (Lipinski definition) is 5. The Kier molecular flexibility index (Phi) is 11.0. The lowest BCUT2D eigenvalue weighted by Gasteiger charge is -2.33. The molecule has 0 radical (unpaired) electrons. The number of aliphatic imine (C=N–C) groups is 1. The van der Waals surface area contributed by atoms with Crippen molar-refractivity contribution in [2.75, 3.05) is 32.8 Å². The summed E-state index contributed by atoms with van der Waals surface area (Å²) in [4.78, 5) is 18.8. The smallest absolute Gasteiger partial charge is 0.309 e. The van der Waals surface area contributed by atoms with Gasteiger partial charge in [0.1, 0.15) is 12.2 Å². The molecule has 9 heteroatoms. The summed E-state index contributed by atoms with van der Waals surface area (Å²) in [6.45, 7) is 11.7. The number of guanidine groups is 1. The van der Waals surface area contributed by atoms with Gasteiger partial charge in [-0.05, 0) is 19.8 Å². The van der Waals surface area contributed by atoms with Gasteiger partial charge in [-0.3, -0.25) is 9.79 Å². The van der Waals surface area contributed by atoms with Crippen molar-refractivity contribution in [3.8, 4) is 0 Å². The summed E-state index contributed by atoms with van der Waals surface area (Å²) in [6, 6.07) is 0. The first-order valence-corrected chi connectivity index (χ1v) is 9.37. The Bertz CT molecular complexity index is 611. The highest BCUT2D eigenvalue weighted by Crippen LogP contribution is 2.18. The zero-order valence-electron chi connectivity index (χ0n) is 16.3. The third-order valence-corrected chi connectivity index (χ3v) is 4.43. The van der Waals surface area contributed by atoms with Gasteiger partial charge in [0.25, 0.3) is 0 Å². The molecular weight excluding hydrogens is 459 g/mol. The van der Waals surface area contributed by atoms with Crippen LogP contribution in [-0.4, -0.2) is 64.4 Å². The van der Waals surface area contributed by atoms with Crippen molar-refractivity contribution in [2.45, 2.75) is 39.7 Å². The minimum absolute atomic E-state index is 0. The number of carbonyl (C=O) groups is 1. The first kappa shape index (κ1) is 23.4. The zero-order valence-corrected chi connectivity index (χ0v) is 18.6. The fourth-order valence-electron chi connectivity index (χ4n) is 3.02. The quantitative estimate of drug-likeness (QED) is 0.197. The lowest BCUT2D eigenvalue weighted by atomic mass is 9.97. The van der Waals surface area contributed by atoms with Gasteiger partial charge in [0, 0.05) is 32.6 Å². The van der Waals surface area contributed by atoms with Crippen LogP contribution in [0, 0.1) is 5.92 Å². The molecule has 2 rings (SSSR count). The predicted molar refractivity (Wildman–Crippen MR) is 116 cm³/mol. The van der Waals surface area contributed by atoms with Crippen LogP contribution >= 0.6 is 24.0 Å². The van der Waals surface area contributed by atoms with Crippen LogP contribution in [0.4, 0.5) is 0 Å². The molecule has 1 aromatic rings. The van der Waals surface area contributed by atoms with Gasteiger partial charge in [0.05, 0.1) is 19.1 Å². The van der Waals surface area contributed by atoms with E-state index in [-0.39, 0.29) is 35.9 Å². The van der Waals surface area contributed by atoms with Crippen LogP contribution in [0.1, 0.15) is 32.5 Å². The number of esters is 1. The van der Waals surface area contributed by atoms with Gasteiger partial charge in [0.15, 0.2) is 5.96 Å². The van der Waals surface area contributed by atoms with Crippen molar-refractivity contribution in [2.24, 2.45) is 10.9 Å². The van der Waals surface area contributed by atoms with E-state index in [4.69, 9.17) is 9.73 Å². The van der Waals surface area contributed by atoms with E-state index in [1.54, 1.807) is 6.33 Å². The fourth-order valence-corrected chi connectivity index (χ4v) is 3.02. The Labute approximate surface area is 178 Å². The maximum absolute atomic E-state index is 11.9. The summed E-state index contributed by atoms with van der Waals surface area (Å²) in [5, 5.41) is 11.4. The summed E-state index contributed by atoms with van der Waals surface area (Å²) in [7, 11) is 0. The Balaban J connectivity index is 0.00000364. The average Bonchev–Trinajstić information content (AvgIpc) is 3.12. The van der Waals surface area contributed by atoms with Crippen LogP contribution in [0.15, 0.2) is 24.0 Å². The minimum atomic E-state index is -0.0793. The van der Waals surface area contributed by atoms with Gasteiger partial charge in [-0.15, -0.1) is 40.8 Å². The van der Waals surface area contributed by atoms with Crippen molar-refractivity contribution in [3.05, 3.63) is 24.8 Å². The van der Waals surface area contributed by atoms with Gasteiger partial charge in [0.2, 0.25) is 0 Å². The van der Waals surface area contributed by atoms with Crippen molar-refractivity contribution < 1.29 is 9.53 Å². The number of aromatic nitrogens is 3. The molecule has 0 amide bonds. The lowest BCUT2D eigenvalue weighted by molar-refractivity contribution is -0.149. The molecule has 0 unspecified atom stereocenters. The summed E-state index contributed by atoms with van der Waals surface area (Å²) in [5.74, 6) is 1.75. The van der Waals surface area contributed by atoms with Crippen molar-refractivity contribution in [3.63, 3.8) is 0 Å². The minimum Gasteiger partial charge on any atom is -0.466 e. The number of piperidine rings is 1. The molecular formula is C18H31IN6O2. The first-order chi connectivity index (χ1) is 12.7. The van der Waals surface area contributed by atoms with E-state index in [1.807, 2.05) is 17.6 Å². The van der Waals surface area contributed by atoms with Crippen molar-refractivity contribution in [1.82, 2.24) is 25.0 Å². The van der Waals surface area contributed by atoms with Gasteiger partial charge < -0.3 is 19.5 Å². The highest BCUT2D eigenvalue weighted by atomic mass is 127. The molecule has 27 heavy (non-hydrogen) atoms. The van der Waals surface area contributed by atoms with Crippen LogP contribution in [0.25, 0.3) is 0 Å². The molecule has 0 saturated carbocycles. The van der Waals surface area contributed by atoms with Gasteiger partial charge in [-0.1, -0.05) is 13.0 Å². The number of halogens is 1. The molecule has 1 aliphatic rings. The number of likely N-dealkylation sites (tertiary alicyclic amines) is 1. The Morgan fingerprint density at radius 3 is 2.81 bits per heavy atom. The Morgan fingerprint density at radius 2 is 2.19 bits per heavy atom. The molecule has 0 bridgehead atoms. The monoisotopic (exact) mass is 490 g/mol. The standard InChI is InChI=1S/C18H30N6O2.HI/c1-4-9-19-18(20-10-13-24-14-21-22-16(24)5-2)23-11-7-15(8-12-23)17(25)26-6-3;/h4,14-15H,1,5-13H2,2-3H3,(H,19,20);1H. The van der Waals surface area contributed by atoms with Gasteiger partial charge >= 0.3 is 5.97 Å². The normalized spacial score (nSPS) is 15.2. The summed E-state index contributed by atoms with van der Waals surface area (Å²) < 4.78 is 7.17. The largest absolute Gasteiger partial charge is 0.466 e. The SMILES string of the molecule is C=CCNC(=NCCn1cnnc1CC)N1CCC(C(=O)OCC)CC1.I. The van der Waals surface area contributed by atoms with E-state index < -0.39 is 0 Å². The second kappa shape index (κ2) is 12.7. The molecule has 1 fully saturated rings. The average molecular weight is 490 g/mol. The Morgan fingerprint density at radius 1 is 1.44 bits per heavy atom. The van der Waals surface area contributed by atoms with E-state index in [0.717, 1.165) is 50.7 Å². The molecule has 0 aromatic carbocycles. The number of nitrogens with one attached hydrogen (secondary N) is 1. The number of ether oxygens (including phenoxy) is 1. The van der Waals surface area contributed by atoms with E-state index in [0.29, 0.717) is 19.7 Å². The topological polar surface area (TPSA) is 84.6 Å². The van der Waals surface area contributed by atoms with Crippen molar-refractivity contribution in [1.29, 1.82) is 0 Å². The van der Waals surface area contributed by atoms with E-state index >= 15 is 0 Å². The molecule has 1 aromatic heterocycles. The number of aryl methyl sites for hydroxylation is 1. The van der Waals surface area contributed by atoms with E-state index in [2.05, 4.69) is 33.9 Å². The first-order valence-electron chi connectivity index (χ1n) is 9.37.